The number of nitrogens with zero attached hydrogens (tertiary/aromatic N) is 1. The summed E-state index contributed by atoms with van der Waals surface area (Å²) in [5.41, 5.74) is -0.120. The van der Waals surface area contributed by atoms with Gasteiger partial charge in [0.1, 0.15) is 0 Å². The van der Waals surface area contributed by atoms with Gasteiger partial charge in [-0.3, -0.25) is 0 Å². The first-order valence-electron chi connectivity index (χ1n) is 3.83. The number of rotatable bonds is 2. The highest BCUT2D eigenvalue weighted by Gasteiger charge is 2.16. The van der Waals surface area contributed by atoms with E-state index in [1.165, 1.54) is 4.90 Å². The van der Waals surface area contributed by atoms with Crippen molar-refractivity contribution in [3.8, 4) is 0 Å². The molecule has 0 saturated heterocycles. The Hall–Kier alpha value is -1.65. The zero-order valence-corrected chi connectivity index (χ0v) is 7.71. The van der Waals surface area contributed by atoms with Crippen molar-refractivity contribution in [2.75, 3.05) is 19.0 Å². The van der Waals surface area contributed by atoms with Crippen LogP contribution in [-0.4, -0.2) is 25.2 Å². The molecule has 76 valence electrons. The minimum Gasteiger partial charge on any atom is -0.478 e. The summed E-state index contributed by atoms with van der Waals surface area (Å²) in [7, 11) is 3.11. The zero-order chi connectivity index (χ0) is 10.9. The van der Waals surface area contributed by atoms with E-state index in [1.54, 1.807) is 14.1 Å². The fraction of sp³-hybridized carbons (Fsp3) is 0.222. The maximum Gasteiger partial charge on any atom is 0.337 e. The van der Waals surface area contributed by atoms with E-state index in [9.17, 15) is 13.6 Å². The van der Waals surface area contributed by atoms with Crippen LogP contribution < -0.4 is 4.90 Å². The fourth-order valence-electron chi connectivity index (χ4n) is 1.08. The van der Waals surface area contributed by atoms with Crippen LogP contribution in [0.3, 0.4) is 0 Å². The Morgan fingerprint density at radius 1 is 1.29 bits per heavy atom. The van der Waals surface area contributed by atoms with Gasteiger partial charge in [-0.1, -0.05) is 0 Å². The van der Waals surface area contributed by atoms with Crippen LogP contribution in [-0.2, 0) is 0 Å². The van der Waals surface area contributed by atoms with Gasteiger partial charge in [-0.05, 0) is 6.07 Å². The van der Waals surface area contributed by atoms with Crippen molar-refractivity contribution in [1.29, 1.82) is 0 Å². The third-order valence-electron chi connectivity index (χ3n) is 1.75. The van der Waals surface area contributed by atoms with Crippen LogP contribution in [0.5, 0.6) is 0 Å². The second-order valence-electron chi connectivity index (χ2n) is 2.98. The van der Waals surface area contributed by atoms with Crippen LogP contribution in [0, 0.1) is 11.6 Å². The molecule has 0 atom stereocenters. The van der Waals surface area contributed by atoms with Gasteiger partial charge in [0.25, 0.3) is 0 Å². The lowest BCUT2D eigenvalue weighted by atomic mass is 10.1. The third-order valence-corrected chi connectivity index (χ3v) is 1.75. The molecule has 1 rings (SSSR count). The minimum atomic E-state index is -1.28. The summed E-state index contributed by atoms with van der Waals surface area (Å²) in [5.74, 6) is -3.50. The Morgan fingerprint density at radius 3 is 2.21 bits per heavy atom. The lowest BCUT2D eigenvalue weighted by Gasteiger charge is -2.15. The lowest BCUT2D eigenvalue weighted by molar-refractivity contribution is 0.0697. The SMILES string of the molecule is CN(C)c1cc(F)c(F)cc1C(=O)O. The van der Waals surface area contributed by atoms with Gasteiger partial charge in [0, 0.05) is 20.2 Å². The lowest BCUT2D eigenvalue weighted by Crippen LogP contribution is -2.14. The Bertz CT molecular complexity index is 377. The molecule has 1 aromatic carbocycles. The van der Waals surface area contributed by atoms with Gasteiger partial charge in [0.2, 0.25) is 0 Å². The van der Waals surface area contributed by atoms with Gasteiger partial charge in [0.15, 0.2) is 11.6 Å². The third kappa shape index (κ3) is 1.81. The zero-order valence-electron chi connectivity index (χ0n) is 7.71. The molecule has 1 aromatic rings. The van der Waals surface area contributed by atoms with Crippen LogP contribution in [0.4, 0.5) is 14.5 Å². The summed E-state index contributed by atoms with van der Waals surface area (Å²) in [6, 6.07) is 1.53. The van der Waals surface area contributed by atoms with Crippen LogP contribution in [0.15, 0.2) is 12.1 Å². The Balaban J connectivity index is 3.39. The smallest absolute Gasteiger partial charge is 0.337 e. The fourth-order valence-corrected chi connectivity index (χ4v) is 1.08. The molecule has 5 heteroatoms. The Morgan fingerprint density at radius 2 is 1.79 bits per heavy atom. The van der Waals surface area contributed by atoms with Crippen molar-refractivity contribution in [2.24, 2.45) is 0 Å². The highest BCUT2D eigenvalue weighted by atomic mass is 19.2. The summed E-state index contributed by atoms with van der Waals surface area (Å²) in [5, 5.41) is 8.71. The monoisotopic (exact) mass is 201 g/mol. The van der Waals surface area contributed by atoms with Crippen molar-refractivity contribution < 1.29 is 18.7 Å². The van der Waals surface area contributed by atoms with Gasteiger partial charge < -0.3 is 10.0 Å². The second kappa shape index (κ2) is 3.61. The summed E-state index contributed by atoms with van der Waals surface area (Å²) >= 11 is 0. The molecule has 14 heavy (non-hydrogen) atoms. The van der Waals surface area contributed by atoms with E-state index < -0.39 is 17.6 Å². The minimum absolute atomic E-state index is 0.136. The highest BCUT2D eigenvalue weighted by Crippen LogP contribution is 2.22. The van der Waals surface area contributed by atoms with Crippen molar-refractivity contribution in [3.63, 3.8) is 0 Å². The molecule has 0 aromatic heterocycles. The number of hydrogen-bond acceptors (Lipinski definition) is 2. The summed E-state index contributed by atoms with van der Waals surface area (Å²) in [6.45, 7) is 0. The van der Waals surface area contributed by atoms with Crippen molar-refractivity contribution >= 4 is 11.7 Å². The highest BCUT2D eigenvalue weighted by molar-refractivity contribution is 5.94. The van der Waals surface area contributed by atoms with E-state index in [2.05, 4.69) is 0 Å². The van der Waals surface area contributed by atoms with Crippen LogP contribution in [0.2, 0.25) is 0 Å². The Kier molecular flexibility index (Phi) is 2.69. The number of hydrogen-bond donors (Lipinski definition) is 1. The van der Waals surface area contributed by atoms with E-state index in [4.69, 9.17) is 5.11 Å². The number of benzene rings is 1. The second-order valence-corrected chi connectivity index (χ2v) is 2.98. The number of carbonyl (C=O) groups is 1. The maximum atomic E-state index is 12.8. The van der Waals surface area contributed by atoms with Gasteiger partial charge >= 0.3 is 5.97 Å². The van der Waals surface area contributed by atoms with Gasteiger partial charge in [-0.2, -0.15) is 0 Å². The normalized spacial score (nSPS) is 10.0. The molecule has 0 aliphatic rings. The van der Waals surface area contributed by atoms with Crippen LogP contribution in [0.1, 0.15) is 10.4 Å². The van der Waals surface area contributed by atoms with Crippen LogP contribution in [0.25, 0.3) is 0 Å². The first-order valence-corrected chi connectivity index (χ1v) is 3.83. The average molecular weight is 201 g/mol. The molecule has 0 amide bonds. The topological polar surface area (TPSA) is 40.5 Å². The average Bonchev–Trinajstić information content (AvgIpc) is 2.08. The van der Waals surface area contributed by atoms with Gasteiger partial charge in [-0.15, -0.1) is 0 Å². The molecule has 0 radical (unpaired) electrons. The number of anilines is 1. The predicted octanol–water partition coefficient (Wildman–Crippen LogP) is 1.73. The maximum absolute atomic E-state index is 12.8. The number of carboxylic acids is 1. The van der Waals surface area contributed by atoms with E-state index in [1.807, 2.05) is 0 Å². The number of halogens is 2. The molecule has 0 saturated carbocycles. The first kappa shape index (κ1) is 10.4. The molecule has 0 fully saturated rings. The first-order chi connectivity index (χ1) is 6.43. The van der Waals surface area contributed by atoms with E-state index in [0.29, 0.717) is 6.07 Å². The molecule has 0 aliphatic carbocycles. The molecule has 0 spiro atoms. The van der Waals surface area contributed by atoms with Crippen molar-refractivity contribution in [1.82, 2.24) is 0 Å². The number of carboxylic acid groups (broad SMARTS) is 1. The van der Waals surface area contributed by atoms with Crippen molar-refractivity contribution in [2.45, 2.75) is 0 Å². The standard InChI is InChI=1S/C9H9F2NO2/c1-12(2)8-4-7(11)6(10)3-5(8)9(13)14/h3-4H,1-2H3,(H,13,14). The van der Waals surface area contributed by atoms with Crippen molar-refractivity contribution in [3.05, 3.63) is 29.3 Å². The molecule has 3 nitrogen and oxygen atoms in total. The van der Waals surface area contributed by atoms with E-state index in [-0.39, 0.29) is 11.3 Å². The molecular formula is C9H9F2NO2. The quantitative estimate of drug-likeness (QED) is 0.792. The van der Waals surface area contributed by atoms with Gasteiger partial charge in [0.05, 0.1) is 11.3 Å². The molecular weight excluding hydrogens is 192 g/mol. The summed E-state index contributed by atoms with van der Waals surface area (Å²) in [6.07, 6.45) is 0. The van der Waals surface area contributed by atoms with E-state index in [0.717, 1.165) is 6.07 Å². The predicted molar refractivity (Wildman–Crippen MR) is 47.6 cm³/mol. The summed E-state index contributed by atoms with van der Waals surface area (Å²) in [4.78, 5) is 12.1. The molecule has 0 aliphatic heterocycles. The van der Waals surface area contributed by atoms with E-state index >= 15 is 0 Å². The molecule has 0 unspecified atom stereocenters. The largest absolute Gasteiger partial charge is 0.478 e. The number of aromatic carboxylic acids is 1. The summed E-state index contributed by atoms with van der Waals surface area (Å²) < 4.78 is 25.5. The van der Waals surface area contributed by atoms with Crippen LogP contribution >= 0.6 is 0 Å². The molecule has 0 heterocycles. The Labute approximate surface area is 79.6 Å². The molecule has 1 N–H and O–H groups in total. The van der Waals surface area contributed by atoms with Gasteiger partial charge in [-0.25, -0.2) is 13.6 Å². The molecule has 0 bridgehead atoms.